The number of aliphatic hydroxyl groups is 1. The van der Waals surface area contributed by atoms with Crippen LogP contribution in [0.2, 0.25) is 0 Å². The van der Waals surface area contributed by atoms with Crippen molar-refractivity contribution in [2.75, 3.05) is 13.2 Å². The van der Waals surface area contributed by atoms with E-state index in [1.165, 1.54) is 0 Å². The molecule has 0 aliphatic heterocycles. The van der Waals surface area contributed by atoms with Crippen LogP contribution in [-0.4, -0.2) is 30.4 Å². The fraction of sp³-hybridized carbons (Fsp3) is 0.533. The van der Waals surface area contributed by atoms with Crippen molar-refractivity contribution in [3.8, 4) is 11.8 Å². The van der Waals surface area contributed by atoms with E-state index in [0.717, 1.165) is 0 Å². The molecule has 0 unspecified atom stereocenters. The Labute approximate surface area is 115 Å². The highest BCUT2D eigenvalue weighted by atomic mass is 16.5. The molecule has 2 atom stereocenters. The van der Waals surface area contributed by atoms with E-state index in [1.54, 1.807) is 24.3 Å². The first-order chi connectivity index (χ1) is 9.02. The zero-order chi connectivity index (χ0) is 14.3. The summed E-state index contributed by atoms with van der Waals surface area (Å²) in [4.78, 5) is 0. The highest BCUT2D eigenvalue weighted by molar-refractivity contribution is 5.34. The maximum absolute atomic E-state index is 9.80. The van der Waals surface area contributed by atoms with Gasteiger partial charge in [0.15, 0.2) is 0 Å². The third kappa shape index (κ3) is 5.73. The van der Waals surface area contributed by atoms with Crippen LogP contribution in [0.5, 0.6) is 5.75 Å². The van der Waals surface area contributed by atoms with E-state index in [4.69, 9.17) is 10.00 Å². The van der Waals surface area contributed by atoms with Gasteiger partial charge in [0.05, 0.1) is 11.6 Å². The van der Waals surface area contributed by atoms with Gasteiger partial charge in [0, 0.05) is 12.6 Å². The molecule has 1 rings (SSSR count). The zero-order valence-corrected chi connectivity index (χ0v) is 11.8. The molecule has 0 saturated carbocycles. The highest BCUT2D eigenvalue weighted by Crippen LogP contribution is 2.11. The Bertz CT molecular complexity index is 409. The van der Waals surface area contributed by atoms with E-state index < -0.39 is 6.10 Å². The van der Waals surface area contributed by atoms with Gasteiger partial charge in [-0.3, -0.25) is 0 Å². The topological polar surface area (TPSA) is 65.3 Å². The lowest BCUT2D eigenvalue weighted by Gasteiger charge is -2.20. The predicted molar refractivity (Wildman–Crippen MR) is 75.0 cm³/mol. The molecule has 0 fully saturated rings. The predicted octanol–water partition coefficient (Wildman–Crippen LogP) is 1.93. The summed E-state index contributed by atoms with van der Waals surface area (Å²) in [6, 6.07) is 9.27. The Kier molecular flexibility index (Phi) is 6.34. The highest BCUT2D eigenvalue weighted by Gasteiger charge is 2.10. The average molecular weight is 262 g/mol. The molecule has 0 saturated heterocycles. The molecule has 1 aromatic carbocycles. The second-order valence-corrected chi connectivity index (χ2v) is 5.04. The van der Waals surface area contributed by atoms with Crippen LogP contribution in [0.3, 0.4) is 0 Å². The molecular weight excluding hydrogens is 240 g/mol. The lowest BCUT2D eigenvalue weighted by Crippen LogP contribution is -2.38. The number of nitrogens with one attached hydrogen (secondary N) is 1. The summed E-state index contributed by atoms with van der Waals surface area (Å²) in [6.45, 7) is 7.12. The van der Waals surface area contributed by atoms with Crippen LogP contribution >= 0.6 is 0 Å². The second-order valence-electron chi connectivity index (χ2n) is 5.04. The molecule has 0 radical (unpaired) electrons. The molecule has 0 aliphatic carbocycles. The second kappa shape index (κ2) is 7.78. The van der Waals surface area contributed by atoms with E-state index >= 15 is 0 Å². The summed E-state index contributed by atoms with van der Waals surface area (Å²) >= 11 is 0. The minimum Gasteiger partial charge on any atom is -0.491 e. The maximum atomic E-state index is 9.80. The first-order valence-corrected chi connectivity index (χ1v) is 6.57. The van der Waals surface area contributed by atoms with Crippen molar-refractivity contribution < 1.29 is 9.84 Å². The molecule has 0 aliphatic rings. The molecule has 2 N–H and O–H groups in total. The van der Waals surface area contributed by atoms with Crippen LogP contribution in [0.15, 0.2) is 24.3 Å². The van der Waals surface area contributed by atoms with Gasteiger partial charge < -0.3 is 15.2 Å². The Morgan fingerprint density at radius 1 is 1.26 bits per heavy atom. The monoisotopic (exact) mass is 262 g/mol. The number of ether oxygens (including phenoxy) is 1. The van der Waals surface area contributed by atoms with Gasteiger partial charge >= 0.3 is 0 Å². The van der Waals surface area contributed by atoms with E-state index in [9.17, 15) is 5.11 Å². The number of hydrogen-bond acceptors (Lipinski definition) is 4. The number of aliphatic hydroxyl groups excluding tert-OH is 1. The third-order valence-electron chi connectivity index (χ3n) is 3.10. The largest absolute Gasteiger partial charge is 0.491 e. The van der Waals surface area contributed by atoms with Gasteiger partial charge in [-0.05, 0) is 37.1 Å². The Hall–Kier alpha value is -1.57. The summed E-state index contributed by atoms with van der Waals surface area (Å²) in [7, 11) is 0. The first-order valence-electron chi connectivity index (χ1n) is 6.57. The number of benzene rings is 1. The molecule has 1 aromatic rings. The van der Waals surface area contributed by atoms with Gasteiger partial charge in [0.25, 0.3) is 0 Å². The molecule has 0 spiro atoms. The number of rotatable bonds is 7. The Morgan fingerprint density at radius 2 is 1.89 bits per heavy atom. The van der Waals surface area contributed by atoms with Crippen molar-refractivity contribution >= 4 is 0 Å². The van der Waals surface area contributed by atoms with Crippen molar-refractivity contribution in [2.24, 2.45) is 5.92 Å². The molecule has 4 heteroatoms. The number of hydrogen-bond donors (Lipinski definition) is 2. The van der Waals surface area contributed by atoms with E-state index in [1.807, 2.05) is 6.07 Å². The summed E-state index contributed by atoms with van der Waals surface area (Å²) in [6.07, 6.45) is -0.545. The lowest BCUT2D eigenvalue weighted by atomic mass is 10.1. The molecule has 4 nitrogen and oxygen atoms in total. The van der Waals surface area contributed by atoms with Crippen molar-refractivity contribution in [2.45, 2.75) is 32.9 Å². The first kappa shape index (κ1) is 15.5. The van der Waals surface area contributed by atoms with E-state index in [0.29, 0.717) is 29.8 Å². The summed E-state index contributed by atoms with van der Waals surface area (Å²) < 4.78 is 5.46. The molecular formula is C15H22N2O2. The summed E-state index contributed by atoms with van der Waals surface area (Å²) in [5, 5.41) is 21.7. The van der Waals surface area contributed by atoms with Crippen LogP contribution in [0.25, 0.3) is 0 Å². The van der Waals surface area contributed by atoms with Crippen molar-refractivity contribution in [3.63, 3.8) is 0 Å². The van der Waals surface area contributed by atoms with Crippen LogP contribution in [0, 0.1) is 17.2 Å². The fourth-order valence-corrected chi connectivity index (χ4v) is 1.43. The van der Waals surface area contributed by atoms with Crippen LogP contribution in [0.4, 0.5) is 0 Å². The van der Waals surface area contributed by atoms with Crippen LogP contribution in [0.1, 0.15) is 26.3 Å². The van der Waals surface area contributed by atoms with Gasteiger partial charge in [-0.1, -0.05) is 13.8 Å². The fourth-order valence-electron chi connectivity index (χ4n) is 1.43. The molecule has 0 heterocycles. The Morgan fingerprint density at radius 3 is 2.42 bits per heavy atom. The van der Waals surface area contributed by atoms with Crippen molar-refractivity contribution in [1.29, 1.82) is 5.26 Å². The van der Waals surface area contributed by atoms with Gasteiger partial charge in [-0.25, -0.2) is 0 Å². The van der Waals surface area contributed by atoms with Crippen LogP contribution in [-0.2, 0) is 0 Å². The molecule has 19 heavy (non-hydrogen) atoms. The minimum atomic E-state index is -0.545. The quantitative estimate of drug-likeness (QED) is 0.788. The number of nitriles is 1. The lowest BCUT2D eigenvalue weighted by molar-refractivity contribution is 0.102. The molecule has 104 valence electrons. The van der Waals surface area contributed by atoms with Gasteiger partial charge in [-0.15, -0.1) is 0 Å². The normalized spacial score (nSPS) is 13.9. The van der Waals surface area contributed by atoms with E-state index in [2.05, 4.69) is 26.1 Å². The van der Waals surface area contributed by atoms with Crippen molar-refractivity contribution in [3.05, 3.63) is 29.8 Å². The molecule has 0 aromatic heterocycles. The SMILES string of the molecule is CC(C)[C@H](C)NC[C@H](O)COc1ccc(C#N)cc1. The number of nitrogens with zero attached hydrogens (tertiary/aromatic N) is 1. The zero-order valence-electron chi connectivity index (χ0n) is 11.8. The average Bonchev–Trinajstić information content (AvgIpc) is 2.42. The summed E-state index contributed by atoms with van der Waals surface area (Å²) in [5.41, 5.74) is 0.598. The van der Waals surface area contributed by atoms with Crippen molar-refractivity contribution in [1.82, 2.24) is 5.32 Å². The van der Waals surface area contributed by atoms with Gasteiger partial charge in [0.1, 0.15) is 18.5 Å². The molecule has 0 amide bonds. The van der Waals surface area contributed by atoms with E-state index in [-0.39, 0.29) is 6.61 Å². The van der Waals surface area contributed by atoms with Crippen LogP contribution < -0.4 is 10.1 Å². The standard InChI is InChI=1S/C15H22N2O2/c1-11(2)12(3)17-9-14(18)10-19-15-6-4-13(8-16)5-7-15/h4-7,11-12,14,17-18H,9-10H2,1-3H3/t12-,14-/m0/s1. The third-order valence-corrected chi connectivity index (χ3v) is 3.10. The molecule has 0 bridgehead atoms. The maximum Gasteiger partial charge on any atom is 0.119 e. The van der Waals surface area contributed by atoms with Gasteiger partial charge in [-0.2, -0.15) is 5.26 Å². The Balaban J connectivity index is 2.29. The summed E-state index contributed by atoms with van der Waals surface area (Å²) in [5.74, 6) is 1.20. The smallest absolute Gasteiger partial charge is 0.119 e. The van der Waals surface area contributed by atoms with Gasteiger partial charge in [0.2, 0.25) is 0 Å². The minimum absolute atomic E-state index is 0.240.